The van der Waals surface area contributed by atoms with Gasteiger partial charge in [0.25, 0.3) is 11.6 Å². The number of rotatable bonds is 3. The Morgan fingerprint density at radius 2 is 2.10 bits per heavy atom. The van der Waals surface area contributed by atoms with E-state index in [2.05, 4.69) is 26.2 Å². The summed E-state index contributed by atoms with van der Waals surface area (Å²) >= 11 is 3.14. The standard InChI is InChI=1S/C12H8BrN3O4/c13-11-3-1-2-9(14-11)12(18)15-8-5-4-7(16(19)20)6-10(8)17/h1-6,17H,(H,15,18). The van der Waals surface area contributed by atoms with Crippen molar-refractivity contribution in [3.8, 4) is 5.75 Å². The van der Waals surface area contributed by atoms with Crippen LogP contribution in [0.1, 0.15) is 10.5 Å². The minimum absolute atomic E-state index is 0.0716. The van der Waals surface area contributed by atoms with Gasteiger partial charge in [-0.3, -0.25) is 14.9 Å². The van der Waals surface area contributed by atoms with Gasteiger partial charge in [-0.15, -0.1) is 0 Å². The summed E-state index contributed by atoms with van der Waals surface area (Å²) in [6.07, 6.45) is 0. The number of aromatic hydroxyl groups is 1. The zero-order valence-electron chi connectivity index (χ0n) is 9.91. The molecule has 0 saturated carbocycles. The van der Waals surface area contributed by atoms with Gasteiger partial charge in [-0.2, -0.15) is 0 Å². The molecule has 1 heterocycles. The Hall–Kier alpha value is -2.48. The van der Waals surface area contributed by atoms with Crippen LogP contribution in [0, 0.1) is 10.1 Å². The Bertz CT molecular complexity index is 690. The number of nitrogens with one attached hydrogen (secondary N) is 1. The highest BCUT2D eigenvalue weighted by atomic mass is 79.9. The summed E-state index contributed by atoms with van der Waals surface area (Å²) in [6, 6.07) is 8.21. The number of pyridine rings is 1. The molecule has 0 aliphatic carbocycles. The normalized spacial score (nSPS) is 10.1. The van der Waals surface area contributed by atoms with E-state index < -0.39 is 10.8 Å². The molecule has 1 amide bonds. The molecule has 0 unspecified atom stereocenters. The van der Waals surface area contributed by atoms with E-state index in [1.54, 1.807) is 12.1 Å². The molecule has 0 atom stereocenters. The Labute approximate surface area is 121 Å². The van der Waals surface area contributed by atoms with Gasteiger partial charge in [0.1, 0.15) is 16.0 Å². The lowest BCUT2D eigenvalue weighted by molar-refractivity contribution is -0.384. The number of carbonyl (C=O) groups excluding carboxylic acids is 1. The molecule has 2 aromatic rings. The van der Waals surface area contributed by atoms with Gasteiger partial charge in [-0.1, -0.05) is 6.07 Å². The Morgan fingerprint density at radius 1 is 1.35 bits per heavy atom. The van der Waals surface area contributed by atoms with Crippen LogP contribution in [0.4, 0.5) is 11.4 Å². The first-order valence-electron chi connectivity index (χ1n) is 5.38. The quantitative estimate of drug-likeness (QED) is 0.387. The molecule has 2 N–H and O–H groups in total. The van der Waals surface area contributed by atoms with Gasteiger partial charge in [0.2, 0.25) is 0 Å². The zero-order valence-corrected chi connectivity index (χ0v) is 11.5. The lowest BCUT2D eigenvalue weighted by atomic mass is 10.2. The van der Waals surface area contributed by atoms with E-state index >= 15 is 0 Å². The number of anilines is 1. The van der Waals surface area contributed by atoms with Crippen molar-refractivity contribution in [3.63, 3.8) is 0 Å². The lowest BCUT2D eigenvalue weighted by Crippen LogP contribution is -2.13. The second kappa shape index (κ2) is 5.66. The summed E-state index contributed by atoms with van der Waals surface area (Å²) in [7, 11) is 0. The van der Waals surface area contributed by atoms with Crippen LogP contribution in [-0.2, 0) is 0 Å². The average molecular weight is 338 g/mol. The van der Waals surface area contributed by atoms with Crippen LogP contribution in [0.5, 0.6) is 5.75 Å². The molecule has 8 heteroatoms. The van der Waals surface area contributed by atoms with Gasteiger partial charge >= 0.3 is 0 Å². The SMILES string of the molecule is O=C(Nc1ccc([N+](=O)[O-])cc1O)c1cccc(Br)n1. The first-order chi connectivity index (χ1) is 9.47. The van der Waals surface area contributed by atoms with Gasteiger partial charge in [-0.25, -0.2) is 4.98 Å². The Morgan fingerprint density at radius 3 is 2.70 bits per heavy atom. The molecule has 0 aliphatic rings. The maximum Gasteiger partial charge on any atom is 0.274 e. The second-order valence-electron chi connectivity index (χ2n) is 3.76. The molecular formula is C12H8BrN3O4. The van der Waals surface area contributed by atoms with Crippen LogP contribution in [-0.4, -0.2) is 20.9 Å². The van der Waals surface area contributed by atoms with E-state index in [9.17, 15) is 20.0 Å². The number of phenolic OH excluding ortho intramolecular Hbond substituents is 1. The van der Waals surface area contributed by atoms with Crippen molar-refractivity contribution in [2.75, 3.05) is 5.32 Å². The molecule has 0 spiro atoms. The Kier molecular flexibility index (Phi) is 3.94. The highest BCUT2D eigenvalue weighted by molar-refractivity contribution is 9.10. The summed E-state index contributed by atoms with van der Waals surface area (Å²) in [6.45, 7) is 0. The molecular weight excluding hydrogens is 330 g/mol. The van der Waals surface area contributed by atoms with E-state index in [0.717, 1.165) is 6.07 Å². The van der Waals surface area contributed by atoms with E-state index in [-0.39, 0.29) is 22.8 Å². The number of nitro groups is 1. The van der Waals surface area contributed by atoms with E-state index in [1.165, 1.54) is 18.2 Å². The number of non-ortho nitro benzene ring substituents is 1. The number of amides is 1. The number of nitrogens with zero attached hydrogens (tertiary/aromatic N) is 2. The van der Waals surface area contributed by atoms with Crippen LogP contribution in [0.3, 0.4) is 0 Å². The first kappa shape index (κ1) is 13.9. The summed E-state index contributed by atoms with van der Waals surface area (Å²) < 4.78 is 0.498. The van der Waals surface area contributed by atoms with Crippen molar-refractivity contribution in [2.45, 2.75) is 0 Å². The molecule has 0 saturated heterocycles. The minimum Gasteiger partial charge on any atom is -0.506 e. The molecule has 1 aromatic carbocycles. The number of carbonyl (C=O) groups is 1. The summed E-state index contributed by atoms with van der Waals surface area (Å²) in [4.78, 5) is 25.8. The molecule has 7 nitrogen and oxygen atoms in total. The highest BCUT2D eigenvalue weighted by Crippen LogP contribution is 2.28. The fourth-order valence-electron chi connectivity index (χ4n) is 1.46. The molecule has 0 fully saturated rings. The number of hydrogen-bond donors (Lipinski definition) is 2. The minimum atomic E-state index is -0.638. The predicted molar refractivity (Wildman–Crippen MR) is 74.7 cm³/mol. The molecule has 0 bridgehead atoms. The monoisotopic (exact) mass is 337 g/mol. The van der Waals surface area contributed by atoms with Crippen LogP contribution in [0.2, 0.25) is 0 Å². The van der Waals surface area contributed by atoms with Crippen molar-refractivity contribution >= 4 is 33.2 Å². The van der Waals surface area contributed by atoms with Crippen molar-refractivity contribution in [2.24, 2.45) is 0 Å². The largest absolute Gasteiger partial charge is 0.506 e. The van der Waals surface area contributed by atoms with Crippen LogP contribution >= 0.6 is 15.9 Å². The fourth-order valence-corrected chi connectivity index (χ4v) is 1.80. The fraction of sp³-hybridized carbons (Fsp3) is 0. The maximum absolute atomic E-state index is 11.9. The summed E-state index contributed by atoms with van der Waals surface area (Å²) in [5.74, 6) is -0.919. The van der Waals surface area contributed by atoms with Crippen molar-refractivity contribution < 1.29 is 14.8 Å². The third-order valence-electron chi connectivity index (χ3n) is 2.39. The van der Waals surface area contributed by atoms with Gasteiger partial charge in [-0.05, 0) is 34.1 Å². The highest BCUT2D eigenvalue weighted by Gasteiger charge is 2.14. The van der Waals surface area contributed by atoms with Crippen molar-refractivity contribution in [3.05, 3.63) is 56.8 Å². The second-order valence-corrected chi connectivity index (χ2v) is 4.57. The summed E-state index contributed by atoms with van der Waals surface area (Å²) in [5.41, 5.74) is -0.0411. The van der Waals surface area contributed by atoms with Crippen LogP contribution in [0.15, 0.2) is 41.0 Å². The van der Waals surface area contributed by atoms with Crippen LogP contribution in [0.25, 0.3) is 0 Å². The molecule has 102 valence electrons. The van der Waals surface area contributed by atoms with Crippen molar-refractivity contribution in [1.29, 1.82) is 0 Å². The number of phenols is 1. The molecule has 20 heavy (non-hydrogen) atoms. The number of nitro benzene ring substituents is 1. The van der Waals surface area contributed by atoms with Gasteiger partial charge in [0, 0.05) is 6.07 Å². The molecule has 0 radical (unpaired) electrons. The molecule has 0 aliphatic heterocycles. The zero-order chi connectivity index (χ0) is 14.7. The summed E-state index contributed by atoms with van der Waals surface area (Å²) in [5, 5.41) is 22.6. The molecule has 2 rings (SSSR count). The van der Waals surface area contributed by atoms with E-state index in [0.29, 0.717) is 4.60 Å². The van der Waals surface area contributed by atoms with Gasteiger partial charge < -0.3 is 10.4 Å². The average Bonchev–Trinajstić information content (AvgIpc) is 2.40. The number of aromatic nitrogens is 1. The smallest absolute Gasteiger partial charge is 0.274 e. The van der Waals surface area contributed by atoms with Gasteiger partial charge in [0.15, 0.2) is 0 Å². The lowest BCUT2D eigenvalue weighted by Gasteiger charge is -2.06. The molecule has 1 aromatic heterocycles. The number of hydrogen-bond acceptors (Lipinski definition) is 5. The first-order valence-corrected chi connectivity index (χ1v) is 6.18. The van der Waals surface area contributed by atoms with Gasteiger partial charge in [0.05, 0.1) is 16.7 Å². The number of halogens is 1. The van der Waals surface area contributed by atoms with E-state index in [1.807, 2.05) is 0 Å². The third-order valence-corrected chi connectivity index (χ3v) is 2.83. The third kappa shape index (κ3) is 3.09. The topological polar surface area (TPSA) is 105 Å². The maximum atomic E-state index is 11.9. The van der Waals surface area contributed by atoms with E-state index in [4.69, 9.17) is 0 Å². The van der Waals surface area contributed by atoms with Crippen molar-refractivity contribution in [1.82, 2.24) is 4.98 Å². The predicted octanol–water partition coefficient (Wildman–Crippen LogP) is 2.71. The van der Waals surface area contributed by atoms with Crippen LogP contribution < -0.4 is 5.32 Å². The Balaban J connectivity index is 2.22. The number of benzene rings is 1.